The van der Waals surface area contributed by atoms with Gasteiger partial charge in [0.2, 0.25) is 0 Å². The van der Waals surface area contributed by atoms with E-state index in [0.29, 0.717) is 6.04 Å². The zero-order valence-corrected chi connectivity index (χ0v) is 13.7. The van der Waals surface area contributed by atoms with Crippen molar-refractivity contribution in [1.82, 2.24) is 0 Å². The molecule has 110 valence electrons. The summed E-state index contributed by atoms with van der Waals surface area (Å²) in [6.07, 6.45) is 2.19. The lowest BCUT2D eigenvalue weighted by atomic mass is 10.1. The minimum absolute atomic E-state index is 0.314. The first-order valence-corrected chi connectivity index (χ1v) is 7.77. The molecule has 1 N–H and O–H groups in total. The molecule has 1 aliphatic carbocycles. The van der Waals surface area contributed by atoms with Crippen LogP contribution in [0.5, 0.6) is 11.5 Å². The van der Waals surface area contributed by atoms with Crippen LogP contribution < -0.4 is 14.8 Å². The van der Waals surface area contributed by atoms with E-state index in [1.165, 1.54) is 11.1 Å². The molecule has 4 heteroatoms. The van der Waals surface area contributed by atoms with Crippen LogP contribution in [0.2, 0.25) is 0 Å². The van der Waals surface area contributed by atoms with Crippen molar-refractivity contribution in [3.05, 3.63) is 52.0 Å². The maximum absolute atomic E-state index is 5.44. The molecule has 3 nitrogen and oxygen atoms in total. The molecule has 0 bridgehead atoms. The predicted molar refractivity (Wildman–Crippen MR) is 88.4 cm³/mol. The van der Waals surface area contributed by atoms with E-state index in [2.05, 4.69) is 39.4 Å². The van der Waals surface area contributed by atoms with E-state index in [1.54, 1.807) is 14.2 Å². The summed E-state index contributed by atoms with van der Waals surface area (Å²) in [5.74, 6) is 1.66. The van der Waals surface area contributed by atoms with Gasteiger partial charge in [0.15, 0.2) is 0 Å². The zero-order valence-electron chi connectivity index (χ0n) is 12.2. The molecule has 3 rings (SSSR count). The Morgan fingerprint density at radius 1 is 1.10 bits per heavy atom. The normalized spacial score (nSPS) is 16.4. The number of nitrogens with one attached hydrogen (secondary N) is 1. The quantitative estimate of drug-likeness (QED) is 0.878. The fourth-order valence-electron chi connectivity index (χ4n) is 2.85. The van der Waals surface area contributed by atoms with Crippen molar-refractivity contribution in [1.29, 1.82) is 0 Å². The highest BCUT2D eigenvalue weighted by atomic mass is 79.9. The fourth-order valence-corrected chi connectivity index (χ4v) is 3.26. The zero-order chi connectivity index (χ0) is 14.8. The number of hydrogen-bond acceptors (Lipinski definition) is 3. The van der Waals surface area contributed by atoms with Crippen LogP contribution in [-0.4, -0.2) is 14.2 Å². The van der Waals surface area contributed by atoms with E-state index >= 15 is 0 Å². The Kier molecular flexibility index (Phi) is 4.06. The smallest absolute Gasteiger partial charge is 0.142 e. The number of benzene rings is 2. The van der Waals surface area contributed by atoms with Gasteiger partial charge in [-0.3, -0.25) is 0 Å². The molecular formula is C17H18BrNO2. The first-order valence-electron chi connectivity index (χ1n) is 6.98. The number of halogens is 1. The summed E-state index contributed by atoms with van der Waals surface area (Å²) in [5, 5.41) is 3.59. The van der Waals surface area contributed by atoms with Gasteiger partial charge in [0.05, 0.1) is 25.9 Å². The predicted octanol–water partition coefficient (Wildman–Crippen LogP) is 4.57. The van der Waals surface area contributed by atoms with E-state index in [4.69, 9.17) is 9.47 Å². The van der Waals surface area contributed by atoms with E-state index in [9.17, 15) is 0 Å². The number of ether oxygens (including phenoxy) is 2. The van der Waals surface area contributed by atoms with E-state index in [1.807, 2.05) is 18.2 Å². The summed E-state index contributed by atoms with van der Waals surface area (Å²) in [6.45, 7) is 0. The lowest BCUT2D eigenvalue weighted by Crippen LogP contribution is -2.08. The van der Waals surface area contributed by atoms with Crippen molar-refractivity contribution in [2.45, 2.75) is 18.9 Å². The highest BCUT2D eigenvalue weighted by Gasteiger charge is 2.23. The standard InChI is InChI=1S/C17H18BrNO2/c1-20-13-5-8-17(21-2)16(10-13)19-15-7-3-11-9-12(18)4-6-14(11)15/h4-6,8-10,15,19H,3,7H2,1-2H3. The molecule has 0 aromatic heterocycles. The summed E-state index contributed by atoms with van der Waals surface area (Å²) in [6, 6.07) is 12.6. The Balaban J connectivity index is 1.88. The third kappa shape index (κ3) is 2.86. The van der Waals surface area contributed by atoms with Crippen LogP contribution in [0.4, 0.5) is 5.69 Å². The monoisotopic (exact) mass is 347 g/mol. The second-order valence-electron chi connectivity index (χ2n) is 5.14. The molecule has 0 aliphatic heterocycles. The molecule has 0 amide bonds. The lowest BCUT2D eigenvalue weighted by molar-refractivity contribution is 0.404. The Bertz CT molecular complexity index is 657. The number of aryl methyl sites for hydroxylation is 1. The van der Waals surface area contributed by atoms with Crippen LogP contribution in [-0.2, 0) is 6.42 Å². The van der Waals surface area contributed by atoms with Crippen LogP contribution in [0.1, 0.15) is 23.6 Å². The van der Waals surface area contributed by atoms with Gasteiger partial charge in [0.25, 0.3) is 0 Å². The second kappa shape index (κ2) is 5.98. The van der Waals surface area contributed by atoms with Gasteiger partial charge in [-0.15, -0.1) is 0 Å². The van der Waals surface area contributed by atoms with Gasteiger partial charge in [-0.1, -0.05) is 22.0 Å². The number of rotatable bonds is 4. The average molecular weight is 348 g/mol. The Labute approximate surface area is 133 Å². The maximum atomic E-state index is 5.44. The summed E-state index contributed by atoms with van der Waals surface area (Å²) in [5.41, 5.74) is 3.74. The summed E-state index contributed by atoms with van der Waals surface area (Å²) < 4.78 is 11.9. The molecule has 2 aromatic carbocycles. The lowest BCUT2D eigenvalue weighted by Gasteiger charge is -2.18. The van der Waals surface area contributed by atoms with Crippen LogP contribution in [0.25, 0.3) is 0 Å². The number of hydrogen-bond donors (Lipinski definition) is 1. The third-order valence-corrected chi connectivity index (χ3v) is 4.41. The summed E-state index contributed by atoms with van der Waals surface area (Å²) >= 11 is 3.54. The molecule has 0 heterocycles. The molecule has 0 saturated heterocycles. The highest BCUT2D eigenvalue weighted by Crippen LogP contribution is 2.38. The Morgan fingerprint density at radius 2 is 1.95 bits per heavy atom. The second-order valence-corrected chi connectivity index (χ2v) is 6.06. The van der Waals surface area contributed by atoms with Crippen molar-refractivity contribution >= 4 is 21.6 Å². The number of fused-ring (bicyclic) bond motifs is 1. The summed E-state index contributed by atoms with van der Waals surface area (Å²) in [7, 11) is 3.36. The molecule has 21 heavy (non-hydrogen) atoms. The van der Waals surface area contributed by atoms with Gasteiger partial charge >= 0.3 is 0 Å². The number of anilines is 1. The van der Waals surface area contributed by atoms with Crippen molar-refractivity contribution in [2.24, 2.45) is 0 Å². The fraction of sp³-hybridized carbons (Fsp3) is 0.294. The third-order valence-electron chi connectivity index (χ3n) is 3.92. The van der Waals surface area contributed by atoms with Crippen LogP contribution >= 0.6 is 15.9 Å². The molecule has 1 atom stereocenters. The summed E-state index contributed by atoms with van der Waals surface area (Å²) in [4.78, 5) is 0. The van der Waals surface area contributed by atoms with Gasteiger partial charge in [-0.2, -0.15) is 0 Å². The molecular weight excluding hydrogens is 330 g/mol. The minimum atomic E-state index is 0.314. The maximum Gasteiger partial charge on any atom is 0.142 e. The van der Waals surface area contributed by atoms with Crippen molar-refractivity contribution in [2.75, 3.05) is 19.5 Å². The van der Waals surface area contributed by atoms with E-state index < -0.39 is 0 Å². The topological polar surface area (TPSA) is 30.5 Å². The molecule has 1 unspecified atom stereocenters. The van der Waals surface area contributed by atoms with Crippen molar-refractivity contribution in [3.8, 4) is 11.5 Å². The van der Waals surface area contributed by atoms with Gasteiger partial charge in [-0.05, 0) is 48.2 Å². The molecule has 0 saturated carbocycles. The first kappa shape index (κ1) is 14.3. The average Bonchev–Trinajstić information content (AvgIpc) is 2.89. The molecule has 0 radical (unpaired) electrons. The highest BCUT2D eigenvalue weighted by molar-refractivity contribution is 9.10. The van der Waals surface area contributed by atoms with Crippen LogP contribution in [0, 0.1) is 0 Å². The van der Waals surface area contributed by atoms with E-state index in [0.717, 1.165) is 34.5 Å². The van der Waals surface area contributed by atoms with Gasteiger partial charge < -0.3 is 14.8 Å². The molecule has 2 aromatic rings. The Hall–Kier alpha value is -1.68. The molecule has 0 fully saturated rings. The van der Waals surface area contributed by atoms with E-state index in [-0.39, 0.29) is 0 Å². The SMILES string of the molecule is COc1ccc(OC)c(NC2CCc3cc(Br)ccc32)c1. The van der Waals surface area contributed by atoms with Crippen molar-refractivity contribution in [3.63, 3.8) is 0 Å². The molecule has 1 aliphatic rings. The van der Waals surface area contributed by atoms with Crippen LogP contribution in [0.15, 0.2) is 40.9 Å². The minimum Gasteiger partial charge on any atom is -0.497 e. The van der Waals surface area contributed by atoms with Crippen molar-refractivity contribution < 1.29 is 9.47 Å². The van der Waals surface area contributed by atoms with Crippen LogP contribution in [0.3, 0.4) is 0 Å². The first-order chi connectivity index (χ1) is 10.2. The largest absolute Gasteiger partial charge is 0.497 e. The Morgan fingerprint density at radius 3 is 2.71 bits per heavy atom. The molecule has 0 spiro atoms. The van der Waals surface area contributed by atoms with Gasteiger partial charge in [0, 0.05) is 10.5 Å². The van der Waals surface area contributed by atoms with Gasteiger partial charge in [0.1, 0.15) is 11.5 Å². The number of methoxy groups -OCH3 is 2. The van der Waals surface area contributed by atoms with Gasteiger partial charge in [-0.25, -0.2) is 0 Å².